The lowest BCUT2D eigenvalue weighted by atomic mass is 10.1. The monoisotopic (exact) mass is 437 g/mol. The molecule has 1 aliphatic carbocycles. The number of carbonyl (C=O) groups is 2. The Morgan fingerprint density at radius 2 is 2.00 bits per heavy atom. The highest BCUT2D eigenvalue weighted by molar-refractivity contribution is 5.98. The molecule has 2 fully saturated rings. The van der Waals surface area contributed by atoms with E-state index in [-0.39, 0.29) is 23.7 Å². The summed E-state index contributed by atoms with van der Waals surface area (Å²) in [6, 6.07) is 1.91. The van der Waals surface area contributed by atoms with Crippen molar-refractivity contribution in [2.24, 2.45) is 5.92 Å². The number of aryl methyl sites for hydroxylation is 1. The standard InChI is InChI=1S/C22H27N7O3/c1-13-17(10-25-20(26-13)22(31)23-2)29-7-5-28(6-8-29)12-15-9-16-18(11-24-15)32-19(14-3-4-14)21(30)27-16/h9-11,14,19H,3-8,12H2,1-2H3,(H,23,31)(H,27,30)/t19-/m0/s1. The van der Waals surface area contributed by atoms with E-state index in [0.29, 0.717) is 23.9 Å². The van der Waals surface area contributed by atoms with Gasteiger partial charge in [-0.15, -0.1) is 0 Å². The molecule has 2 aromatic heterocycles. The minimum absolute atomic E-state index is 0.0502. The highest BCUT2D eigenvalue weighted by atomic mass is 16.5. The molecular weight excluding hydrogens is 410 g/mol. The quantitative estimate of drug-likeness (QED) is 0.712. The van der Waals surface area contributed by atoms with Crippen molar-refractivity contribution >= 4 is 23.2 Å². The van der Waals surface area contributed by atoms with Crippen LogP contribution in [0.5, 0.6) is 5.75 Å². The molecule has 5 rings (SSSR count). The molecule has 0 unspecified atom stereocenters. The molecule has 0 bridgehead atoms. The van der Waals surface area contributed by atoms with Gasteiger partial charge in [0.15, 0.2) is 11.9 Å². The molecule has 2 N–H and O–H groups in total. The van der Waals surface area contributed by atoms with Gasteiger partial charge in [0.2, 0.25) is 5.82 Å². The van der Waals surface area contributed by atoms with Crippen LogP contribution in [-0.2, 0) is 11.3 Å². The molecule has 168 valence electrons. The summed E-state index contributed by atoms with van der Waals surface area (Å²) in [5, 5.41) is 5.53. The lowest BCUT2D eigenvalue weighted by molar-refractivity contribution is -0.124. The molecule has 1 atom stereocenters. The second kappa shape index (κ2) is 8.34. The number of nitrogens with one attached hydrogen (secondary N) is 2. The van der Waals surface area contributed by atoms with Gasteiger partial charge in [0.1, 0.15) is 0 Å². The lowest BCUT2D eigenvalue weighted by Crippen LogP contribution is -2.46. The molecule has 32 heavy (non-hydrogen) atoms. The van der Waals surface area contributed by atoms with E-state index < -0.39 is 0 Å². The third kappa shape index (κ3) is 4.10. The topological polar surface area (TPSA) is 113 Å². The van der Waals surface area contributed by atoms with Gasteiger partial charge in [-0.1, -0.05) is 0 Å². The van der Waals surface area contributed by atoms with Gasteiger partial charge in [0, 0.05) is 45.7 Å². The van der Waals surface area contributed by atoms with Crippen LogP contribution in [-0.4, -0.2) is 71.0 Å². The Labute approximate surface area is 186 Å². The Morgan fingerprint density at radius 3 is 2.69 bits per heavy atom. The first-order valence-corrected chi connectivity index (χ1v) is 11.0. The molecule has 2 amide bonds. The normalized spacial score (nSPS) is 20.9. The van der Waals surface area contributed by atoms with Crippen LogP contribution in [0.1, 0.15) is 34.8 Å². The molecule has 10 nitrogen and oxygen atoms in total. The number of hydrogen-bond donors (Lipinski definition) is 2. The molecule has 2 aliphatic heterocycles. The number of aromatic nitrogens is 3. The summed E-state index contributed by atoms with van der Waals surface area (Å²) in [7, 11) is 1.57. The Balaban J connectivity index is 1.19. The predicted octanol–water partition coefficient (Wildman–Crippen LogP) is 0.971. The van der Waals surface area contributed by atoms with Gasteiger partial charge < -0.3 is 20.3 Å². The Bertz CT molecular complexity index is 1050. The van der Waals surface area contributed by atoms with E-state index in [1.54, 1.807) is 19.4 Å². The zero-order valence-electron chi connectivity index (χ0n) is 18.3. The fourth-order valence-corrected chi connectivity index (χ4v) is 4.24. The molecule has 2 aromatic rings. The van der Waals surface area contributed by atoms with E-state index in [1.807, 2.05) is 13.0 Å². The summed E-state index contributed by atoms with van der Waals surface area (Å²) in [6.07, 6.45) is 5.18. The van der Waals surface area contributed by atoms with Crippen molar-refractivity contribution in [2.75, 3.05) is 43.4 Å². The molecular formula is C22H27N7O3. The molecule has 1 saturated carbocycles. The third-order valence-electron chi connectivity index (χ3n) is 6.23. The number of piperazine rings is 1. The smallest absolute Gasteiger partial charge is 0.288 e. The molecule has 4 heterocycles. The van der Waals surface area contributed by atoms with Crippen molar-refractivity contribution in [1.82, 2.24) is 25.2 Å². The number of anilines is 2. The van der Waals surface area contributed by atoms with Gasteiger partial charge in [-0.3, -0.25) is 19.5 Å². The summed E-state index contributed by atoms with van der Waals surface area (Å²) in [5.74, 6) is 0.849. The summed E-state index contributed by atoms with van der Waals surface area (Å²) in [6.45, 7) is 5.99. The molecule has 3 aliphatic rings. The fourth-order valence-electron chi connectivity index (χ4n) is 4.24. The number of hydrogen-bond acceptors (Lipinski definition) is 8. The summed E-state index contributed by atoms with van der Waals surface area (Å²) in [5.41, 5.74) is 3.36. The van der Waals surface area contributed by atoms with Gasteiger partial charge in [-0.2, -0.15) is 0 Å². The van der Waals surface area contributed by atoms with Gasteiger partial charge in [0.25, 0.3) is 11.8 Å². The number of carbonyl (C=O) groups excluding carboxylic acids is 2. The van der Waals surface area contributed by atoms with E-state index in [1.165, 1.54) is 0 Å². The van der Waals surface area contributed by atoms with Crippen LogP contribution in [0.4, 0.5) is 11.4 Å². The first-order valence-electron chi connectivity index (χ1n) is 11.0. The van der Waals surface area contributed by atoms with Crippen LogP contribution < -0.4 is 20.3 Å². The number of rotatable bonds is 5. The van der Waals surface area contributed by atoms with E-state index in [4.69, 9.17) is 4.74 Å². The third-order valence-corrected chi connectivity index (χ3v) is 6.23. The number of fused-ring (bicyclic) bond motifs is 1. The maximum Gasteiger partial charge on any atom is 0.288 e. The Hall–Kier alpha value is -3.27. The number of ether oxygens (including phenoxy) is 1. The molecule has 10 heteroatoms. The molecule has 0 spiro atoms. The Morgan fingerprint density at radius 1 is 1.22 bits per heavy atom. The van der Waals surface area contributed by atoms with Crippen LogP contribution in [0.25, 0.3) is 0 Å². The van der Waals surface area contributed by atoms with E-state index in [9.17, 15) is 9.59 Å². The van der Waals surface area contributed by atoms with Crippen molar-refractivity contribution in [3.63, 3.8) is 0 Å². The summed E-state index contributed by atoms with van der Waals surface area (Å²) < 4.78 is 5.89. The largest absolute Gasteiger partial charge is 0.476 e. The van der Waals surface area contributed by atoms with Crippen molar-refractivity contribution in [2.45, 2.75) is 32.4 Å². The second-order valence-corrected chi connectivity index (χ2v) is 8.54. The van der Waals surface area contributed by atoms with E-state index in [2.05, 4.69) is 35.4 Å². The number of pyridine rings is 1. The van der Waals surface area contributed by atoms with Crippen molar-refractivity contribution in [1.29, 1.82) is 0 Å². The van der Waals surface area contributed by atoms with Crippen molar-refractivity contribution in [3.05, 3.63) is 35.7 Å². The minimum Gasteiger partial charge on any atom is -0.476 e. The van der Waals surface area contributed by atoms with Gasteiger partial charge in [-0.25, -0.2) is 9.97 Å². The highest BCUT2D eigenvalue weighted by Crippen LogP contribution is 2.39. The van der Waals surface area contributed by atoms with E-state index >= 15 is 0 Å². The molecule has 0 radical (unpaired) electrons. The van der Waals surface area contributed by atoms with Crippen LogP contribution in [0, 0.1) is 12.8 Å². The predicted molar refractivity (Wildman–Crippen MR) is 118 cm³/mol. The zero-order chi connectivity index (χ0) is 22.2. The number of amides is 2. The van der Waals surface area contributed by atoms with Crippen LogP contribution in [0.3, 0.4) is 0 Å². The summed E-state index contributed by atoms with van der Waals surface area (Å²) >= 11 is 0. The Kier molecular flexibility index (Phi) is 5.38. The van der Waals surface area contributed by atoms with Crippen molar-refractivity contribution in [3.8, 4) is 5.75 Å². The lowest BCUT2D eigenvalue weighted by Gasteiger charge is -2.36. The van der Waals surface area contributed by atoms with Crippen molar-refractivity contribution < 1.29 is 14.3 Å². The first-order chi connectivity index (χ1) is 15.5. The average Bonchev–Trinajstić information content (AvgIpc) is 3.64. The van der Waals surface area contributed by atoms with Gasteiger partial charge in [0.05, 0.1) is 35.2 Å². The highest BCUT2D eigenvalue weighted by Gasteiger charge is 2.41. The zero-order valence-corrected chi connectivity index (χ0v) is 18.3. The fraction of sp³-hybridized carbons (Fsp3) is 0.500. The SMILES string of the molecule is CNC(=O)c1ncc(N2CCN(Cc3cc4c(cn3)O[C@@H](C3CC3)C(=O)N4)CC2)c(C)n1. The van der Waals surface area contributed by atoms with E-state index in [0.717, 1.165) is 56.1 Å². The molecule has 1 saturated heterocycles. The average molecular weight is 438 g/mol. The maximum atomic E-state index is 12.3. The molecule has 0 aromatic carbocycles. The first kappa shape index (κ1) is 20.6. The minimum atomic E-state index is -0.374. The maximum absolute atomic E-state index is 12.3. The van der Waals surface area contributed by atoms with Crippen LogP contribution in [0.15, 0.2) is 18.5 Å². The van der Waals surface area contributed by atoms with Crippen LogP contribution in [0.2, 0.25) is 0 Å². The van der Waals surface area contributed by atoms with Crippen LogP contribution >= 0.6 is 0 Å². The summed E-state index contributed by atoms with van der Waals surface area (Å²) in [4.78, 5) is 41.7. The van der Waals surface area contributed by atoms with Gasteiger partial charge >= 0.3 is 0 Å². The van der Waals surface area contributed by atoms with Gasteiger partial charge in [-0.05, 0) is 25.8 Å². The number of nitrogens with zero attached hydrogens (tertiary/aromatic N) is 5. The second-order valence-electron chi connectivity index (χ2n) is 8.54.